The summed E-state index contributed by atoms with van der Waals surface area (Å²) in [4.78, 5) is 35.7. The molecule has 4 aromatic rings. The Kier molecular flexibility index (Phi) is 7.37. The molecule has 178 valence electrons. The standard InChI is InChI=1S/C26H25N5O3S/c1-18(32)31(20-9-5-4-6-10-20)26-28-19(17-35-26)13-14-23(33)29-24(25-27-15-16-30(25)2)21-11-7-8-12-22(21)34-3/h4-17,24H,1-3H3,(H,29,33)/b14-13+. The average molecular weight is 488 g/mol. The minimum absolute atomic E-state index is 0.145. The number of para-hydroxylation sites is 2. The van der Waals surface area contributed by atoms with Gasteiger partial charge in [-0.05, 0) is 24.3 Å². The van der Waals surface area contributed by atoms with Crippen LogP contribution in [0.3, 0.4) is 0 Å². The van der Waals surface area contributed by atoms with Gasteiger partial charge in [0.2, 0.25) is 11.8 Å². The van der Waals surface area contributed by atoms with Crippen molar-refractivity contribution in [3.05, 3.63) is 95.5 Å². The Bertz CT molecular complexity index is 1350. The Morgan fingerprint density at radius 1 is 1.14 bits per heavy atom. The first-order valence-corrected chi connectivity index (χ1v) is 11.8. The summed E-state index contributed by atoms with van der Waals surface area (Å²) in [5.74, 6) is 0.866. The number of imidazole rings is 1. The number of ether oxygens (including phenoxy) is 1. The van der Waals surface area contributed by atoms with Gasteiger partial charge < -0.3 is 14.6 Å². The summed E-state index contributed by atoms with van der Waals surface area (Å²) in [5.41, 5.74) is 2.10. The van der Waals surface area contributed by atoms with Crippen LogP contribution in [0.2, 0.25) is 0 Å². The van der Waals surface area contributed by atoms with E-state index in [1.54, 1.807) is 29.7 Å². The third kappa shape index (κ3) is 5.47. The highest BCUT2D eigenvalue weighted by Crippen LogP contribution is 2.30. The molecule has 1 N–H and O–H groups in total. The van der Waals surface area contributed by atoms with E-state index in [2.05, 4.69) is 15.3 Å². The van der Waals surface area contributed by atoms with E-state index < -0.39 is 6.04 Å². The van der Waals surface area contributed by atoms with Crippen LogP contribution in [0.15, 0.2) is 78.4 Å². The molecule has 0 aliphatic rings. The average Bonchev–Trinajstić information content (AvgIpc) is 3.51. The summed E-state index contributed by atoms with van der Waals surface area (Å²) in [6.45, 7) is 1.49. The van der Waals surface area contributed by atoms with Crippen LogP contribution in [0.5, 0.6) is 5.75 Å². The minimum atomic E-state index is -0.513. The Balaban J connectivity index is 1.55. The number of anilines is 2. The molecular formula is C26H25N5O3S. The predicted molar refractivity (Wildman–Crippen MR) is 137 cm³/mol. The largest absolute Gasteiger partial charge is 0.496 e. The number of nitrogens with zero attached hydrogens (tertiary/aromatic N) is 4. The number of aryl methyl sites for hydroxylation is 1. The Labute approximate surface area is 207 Å². The van der Waals surface area contributed by atoms with Gasteiger partial charge in [-0.1, -0.05) is 36.4 Å². The highest BCUT2D eigenvalue weighted by molar-refractivity contribution is 7.14. The van der Waals surface area contributed by atoms with Gasteiger partial charge in [0.25, 0.3) is 0 Å². The summed E-state index contributed by atoms with van der Waals surface area (Å²) in [7, 11) is 3.46. The molecule has 2 amide bonds. The lowest BCUT2D eigenvalue weighted by Gasteiger charge is -2.20. The molecule has 0 radical (unpaired) electrons. The molecule has 2 aromatic carbocycles. The number of thiazole rings is 1. The maximum absolute atomic E-state index is 12.9. The zero-order chi connectivity index (χ0) is 24.8. The molecule has 0 fully saturated rings. The molecule has 4 rings (SSSR count). The number of carbonyl (C=O) groups is 2. The number of benzene rings is 2. The number of nitrogens with one attached hydrogen (secondary N) is 1. The lowest BCUT2D eigenvalue weighted by Crippen LogP contribution is -2.30. The van der Waals surface area contributed by atoms with Crippen LogP contribution >= 0.6 is 11.3 Å². The quantitative estimate of drug-likeness (QED) is 0.370. The first kappa shape index (κ1) is 23.9. The summed E-state index contributed by atoms with van der Waals surface area (Å²) < 4.78 is 7.36. The molecule has 9 heteroatoms. The molecule has 0 saturated carbocycles. The second-order valence-corrected chi connectivity index (χ2v) is 8.49. The molecule has 2 heterocycles. The van der Waals surface area contributed by atoms with Crippen molar-refractivity contribution in [2.75, 3.05) is 12.0 Å². The lowest BCUT2D eigenvalue weighted by atomic mass is 10.0. The number of methoxy groups -OCH3 is 1. The number of rotatable bonds is 8. The van der Waals surface area contributed by atoms with Crippen LogP contribution in [0.25, 0.3) is 6.08 Å². The number of aromatic nitrogens is 3. The fourth-order valence-corrected chi connectivity index (χ4v) is 4.51. The van der Waals surface area contributed by atoms with E-state index in [1.807, 2.05) is 72.4 Å². The smallest absolute Gasteiger partial charge is 0.244 e. The normalized spacial score (nSPS) is 11.9. The predicted octanol–water partition coefficient (Wildman–Crippen LogP) is 4.49. The third-order valence-corrected chi connectivity index (χ3v) is 6.13. The summed E-state index contributed by atoms with van der Waals surface area (Å²) in [5, 5.41) is 5.35. The topological polar surface area (TPSA) is 89.3 Å². The van der Waals surface area contributed by atoms with E-state index in [1.165, 1.54) is 24.3 Å². The Hall–Kier alpha value is -4.24. The van der Waals surface area contributed by atoms with Gasteiger partial charge in [-0.2, -0.15) is 0 Å². The second kappa shape index (κ2) is 10.8. The van der Waals surface area contributed by atoms with Crippen LogP contribution in [0, 0.1) is 0 Å². The molecular weight excluding hydrogens is 462 g/mol. The van der Waals surface area contributed by atoms with Crippen molar-refractivity contribution in [3.8, 4) is 5.75 Å². The summed E-state index contributed by atoms with van der Waals surface area (Å²) in [6.07, 6.45) is 6.55. The van der Waals surface area contributed by atoms with E-state index in [0.717, 1.165) is 11.3 Å². The van der Waals surface area contributed by atoms with Crippen molar-refractivity contribution in [3.63, 3.8) is 0 Å². The van der Waals surface area contributed by atoms with E-state index in [4.69, 9.17) is 4.74 Å². The zero-order valence-electron chi connectivity index (χ0n) is 19.6. The van der Waals surface area contributed by atoms with Gasteiger partial charge in [-0.25, -0.2) is 9.97 Å². The minimum Gasteiger partial charge on any atom is -0.496 e. The van der Waals surface area contributed by atoms with Gasteiger partial charge in [-0.15, -0.1) is 11.3 Å². The maximum Gasteiger partial charge on any atom is 0.244 e. The number of carbonyl (C=O) groups excluding carboxylic acids is 2. The van der Waals surface area contributed by atoms with Gasteiger partial charge in [0.1, 0.15) is 17.6 Å². The third-order valence-electron chi connectivity index (χ3n) is 5.29. The monoisotopic (exact) mass is 487 g/mol. The van der Waals surface area contributed by atoms with Crippen LogP contribution in [-0.4, -0.2) is 33.5 Å². The maximum atomic E-state index is 12.9. The lowest BCUT2D eigenvalue weighted by molar-refractivity contribution is -0.117. The molecule has 2 aromatic heterocycles. The van der Waals surface area contributed by atoms with Crippen LogP contribution in [-0.2, 0) is 16.6 Å². The van der Waals surface area contributed by atoms with Crippen LogP contribution < -0.4 is 15.0 Å². The van der Waals surface area contributed by atoms with Crippen molar-refractivity contribution in [1.82, 2.24) is 19.9 Å². The number of hydrogen-bond acceptors (Lipinski definition) is 6. The first-order valence-electron chi connectivity index (χ1n) is 10.9. The summed E-state index contributed by atoms with van der Waals surface area (Å²) >= 11 is 1.33. The van der Waals surface area contributed by atoms with Crippen LogP contribution in [0.4, 0.5) is 10.8 Å². The van der Waals surface area contributed by atoms with Crippen molar-refractivity contribution < 1.29 is 14.3 Å². The molecule has 0 bridgehead atoms. The molecule has 1 unspecified atom stereocenters. The highest BCUT2D eigenvalue weighted by Gasteiger charge is 2.23. The molecule has 8 nitrogen and oxygen atoms in total. The molecule has 0 saturated heterocycles. The number of amides is 2. The van der Waals surface area contributed by atoms with Gasteiger partial charge in [-0.3, -0.25) is 14.5 Å². The molecule has 0 aliphatic carbocycles. The van der Waals surface area contributed by atoms with Crippen molar-refractivity contribution >= 4 is 40.0 Å². The Morgan fingerprint density at radius 2 is 1.89 bits per heavy atom. The first-order chi connectivity index (χ1) is 17.0. The Morgan fingerprint density at radius 3 is 2.57 bits per heavy atom. The molecule has 35 heavy (non-hydrogen) atoms. The van der Waals surface area contributed by atoms with Gasteiger partial charge in [0.05, 0.1) is 18.5 Å². The van der Waals surface area contributed by atoms with Crippen molar-refractivity contribution in [2.24, 2.45) is 7.05 Å². The highest BCUT2D eigenvalue weighted by atomic mass is 32.1. The van der Waals surface area contributed by atoms with E-state index in [-0.39, 0.29) is 11.8 Å². The second-order valence-electron chi connectivity index (χ2n) is 7.66. The van der Waals surface area contributed by atoms with Gasteiger partial charge in [0.15, 0.2) is 5.13 Å². The fourth-order valence-electron chi connectivity index (χ4n) is 3.65. The molecule has 0 spiro atoms. The van der Waals surface area contributed by atoms with E-state index >= 15 is 0 Å². The fraction of sp³-hybridized carbons (Fsp3) is 0.154. The van der Waals surface area contributed by atoms with E-state index in [0.29, 0.717) is 22.4 Å². The van der Waals surface area contributed by atoms with Gasteiger partial charge >= 0.3 is 0 Å². The summed E-state index contributed by atoms with van der Waals surface area (Å²) in [6, 6.07) is 16.3. The van der Waals surface area contributed by atoms with Crippen molar-refractivity contribution in [1.29, 1.82) is 0 Å². The van der Waals surface area contributed by atoms with Crippen molar-refractivity contribution in [2.45, 2.75) is 13.0 Å². The SMILES string of the molecule is COc1ccccc1C(NC(=O)/C=C/c1csc(N(C(C)=O)c2ccccc2)n1)c1nccn1C. The number of hydrogen-bond donors (Lipinski definition) is 1. The van der Waals surface area contributed by atoms with Gasteiger partial charge in [0, 0.05) is 43.4 Å². The zero-order valence-corrected chi connectivity index (χ0v) is 20.4. The molecule has 1 atom stereocenters. The van der Waals surface area contributed by atoms with E-state index in [9.17, 15) is 9.59 Å². The van der Waals surface area contributed by atoms with Crippen LogP contribution in [0.1, 0.15) is 30.0 Å². The molecule has 0 aliphatic heterocycles.